The van der Waals surface area contributed by atoms with Gasteiger partial charge in [-0.15, -0.1) is 0 Å². The molecule has 0 saturated heterocycles. The van der Waals surface area contributed by atoms with E-state index in [0.29, 0.717) is 0 Å². The van der Waals surface area contributed by atoms with Gasteiger partial charge in [-0.25, -0.2) is 0 Å². The molecule has 0 saturated carbocycles. The summed E-state index contributed by atoms with van der Waals surface area (Å²) in [6.45, 7) is -0.151. The van der Waals surface area contributed by atoms with Crippen LogP contribution in [0.4, 0.5) is 17.1 Å². The molecular formula is C58H36BNO2. The number of nitrogens with zero attached hydrogens (tertiary/aromatic N) is 1. The third kappa shape index (κ3) is 5.40. The lowest BCUT2D eigenvalue weighted by molar-refractivity contribution is 0.465. The maximum absolute atomic E-state index is 7.06. The van der Waals surface area contributed by atoms with E-state index in [1.807, 2.05) is 0 Å². The second kappa shape index (κ2) is 13.7. The van der Waals surface area contributed by atoms with Gasteiger partial charge in [0.05, 0.1) is 5.69 Å². The van der Waals surface area contributed by atoms with Gasteiger partial charge in [-0.05, 0) is 125 Å². The van der Waals surface area contributed by atoms with Crippen LogP contribution in [0.25, 0.3) is 65.3 Å². The van der Waals surface area contributed by atoms with Crippen molar-refractivity contribution in [3.8, 4) is 45.3 Å². The first kappa shape index (κ1) is 34.8. The van der Waals surface area contributed by atoms with Crippen molar-refractivity contribution >= 4 is 83.3 Å². The first-order chi connectivity index (χ1) is 30.7. The average molecular weight is 790 g/mol. The first-order valence-corrected chi connectivity index (χ1v) is 21.3. The Kier molecular flexibility index (Phi) is 7.70. The lowest BCUT2D eigenvalue weighted by atomic mass is 9.34. The van der Waals surface area contributed by atoms with Crippen LogP contribution in [0.5, 0.6) is 23.0 Å². The minimum absolute atomic E-state index is 0.151. The van der Waals surface area contributed by atoms with Gasteiger partial charge in [-0.1, -0.05) is 158 Å². The van der Waals surface area contributed by atoms with Crippen LogP contribution in [0.3, 0.4) is 0 Å². The SMILES string of the molecule is c1ccc(N(c2ccccc2)c2cc3c4c(c2)Oc2ccc(-c5cc6ccccc6c6ccccc56)cc2B4c2cc(-c4cc5ccccc5c5ccccc45)ccc2O3)cc1. The molecule has 0 amide bonds. The summed E-state index contributed by atoms with van der Waals surface area (Å²) in [5.74, 6) is 3.28. The van der Waals surface area contributed by atoms with Crippen LogP contribution in [0.1, 0.15) is 0 Å². The van der Waals surface area contributed by atoms with Crippen LogP contribution in [-0.4, -0.2) is 6.71 Å². The summed E-state index contributed by atoms with van der Waals surface area (Å²) >= 11 is 0. The van der Waals surface area contributed by atoms with Crippen LogP contribution in [0.2, 0.25) is 0 Å². The van der Waals surface area contributed by atoms with Crippen molar-refractivity contribution in [3.05, 3.63) is 218 Å². The zero-order valence-electron chi connectivity index (χ0n) is 33.6. The Hall–Kier alpha value is -8.08. The van der Waals surface area contributed by atoms with Gasteiger partial charge in [-0.2, -0.15) is 0 Å². The number of hydrogen-bond acceptors (Lipinski definition) is 3. The molecule has 62 heavy (non-hydrogen) atoms. The molecule has 0 bridgehead atoms. The fraction of sp³-hybridized carbons (Fsp3) is 0. The van der Waals surface area contributed by atoms with Gasteiger partial charge in [0, 0.05) is 29.0 Å². The van der Waals surface area contributed by atoms with Gasteiger partial charge in [0.2, 0.25) is 0 Å². The van der Waals surface area contributed by atoms with Crippen molar-refractivity contribution in [1.82, 2.24) is 0 Å². The second-order valence-corrected chi connectivity index (χ2v) is 16.4. The smallest absolute Gasteiger partial charge is 0.260 e. The Bertz CT molecular complexity index is 3370. The van der Waals surface area contributed by atoms with Gasteiger partial charge < -0.3 is 14.4 Å². The van der Waals surface area contributed by atoms with E-state index in [1.54, 1.807) is 0 Å². The van der Waals surface area contributed by atoms with Gasteiger partial charge in [0.25, 0.3) is 6.71 Å². The molecule has 0 spiro atoms. The average Bonchev–Trinajstić information content (AvgIpc) is 3.34. The third-order valence-electron chi connectivity index (χ3n) is 12.9. The fourth-order valence-electron chi connectivity index (χ4n) is 10.1. The Morgan fingerprint density at radius 1 is 0.306 bits per heavy atom. The molecule has 13 rings (SSSR count). The number of benzene rings is 11. The van der Waals surface area contributed by atoms with Crippen molar-refractivity contribution in [3.63, 3.8) is 0 Å². The summed E-state index contributed by atoms with van der Waals surface area (Å²) in [4.78, 5) is 2.27. The zero-order valence-corrected chi connectivity index (χ0v) is 33.6. The number of ether oxygens (including phenoxy) is 2. The number of para-hydroxylation sites is 2. The van der Waals surface area contributed by atoms with Gasteiger partial charge in [-0.3, -0.25) is 0 Å². The highest BCUT2D eigenvalue weighted by molar-refractivity contribution is 6.98. The van der Waals surface area contributed by atoms with Crippen molar-refractivity contribution in [2.24, 2.45) is 0 Å². The predicted octanol–water partition coefficient (Wildman–Crippen LogP) is 13.8. The minimum atomic E-state index is -0.151. The van der Waals surface area contributed by atoms with Crippen molar-refractivity contribution < 1.29 is 9.47 Å². The lowest BCUT2D eigenvalue weighted by Crippen LogP contribution is -2.57. The van der Waals surface area contributed by atoms with Gasteiger partial charge in [0.15, 0.2) is 0 Å². The summed E-state index contributed by atoms with van der Waals surface area (Å²) in [5, 5.41) is 9.92. The molecule has 0 fully saturated rings. The van der Waals surface area contributed by atoms with E-state index in [2.05, 4.69) is 223 Å². The molecule has 0 radical (unpaired) electrons. The number of anilines is 3. The highest BCUT2D eigenvalue weighted by atomic mass is 16.5. The summed E-state index contributed by atoms with van der Waals surface area (Å²) in [7, 11) is 0. The Morgan fingerprint density at radius 2 is 0.710 bits per heavy atom. The van der Waals surface area contributed by atoms with Gasteiger partial charge in [0.1, 0.15) is 23.0 Å². The predicted molar refractivity (Wildman–Crippen MR) is 260 cm³/mol. The maximum atomic E-state index is 7.06. The number of hydrogen-bond donors (Lipinski definition) is 0. The molecule has 0 aromatic heterocycles. The summed E-state index contributed by atoms with van der Waals surface area (Å²) in [6.07, 6.45) is 0. The Balaban J connectivity index is 1.04. The van der Waals surface area contributed by atoms with Crippen LogP contribution in [0, 0.1) is 0 Å². The van der Waals surface area contributed by atoms with Crippen molar-refractivity contribution in [2.45, 2.75) is 0 Å². The molecule has 0 unspecified atom stereocenters. The molecule has 0 atom stereocenters. The Labute approximate surface area is 359 Å². The molecule has 11 aromatic rings. The quantitative estimate of drug-likeness (QED) is 0.128. The molecule has 288 valence electrons. The normalized spacial score (nSPS) is 12.4. The minimum Gasteiger partial charge on any atom is -0.458 e. The molecule has 3 nitrogen and oxygen atoms in total. The maximum Gasteiger partial charge on any atom is 0.260 e. The zero-order chi connectivity index (χ0) is 40.7. The third-order valence-corrected chi connectivity index (χ3v) is 12.9. The lowest BCUT2D eigenvalue weighted by Gasteiger charge is -2.35. The van der Waals surface area contributed by atoms with Crippen LogP contribution >= 0.6 is 0 Å². The van der Waals surface area contributed by atoms with E-state index in [9.17, 15) is 0 Å². The summed E-state index contributed by atoms with van der Waals surface area (Å²) < 4.78 is 14.1. The second-order valence-electron chi connectivity index (χ2n) is 16.4. The molecular weight excluding hydrogens is 753 g/mol. The van der Waals surface area contributed by atoms with E-state index in [1.165, 1.54) is 54.2 Å². The number of fused-ring (bicyclic) bond motifs is 10. The first-order valence-electron chi connectivity index (χ1n) is 21.3. The van der Waals surface area contributed by atoms with Crippen LogP contribution in [0.15, 0.2) is 218 Å². The summed E-state index contributed by atoms with van der Waals surface area (Å²) in [5.41, 5.74) is 11.0. The molecule has 2 aliphatic heterocycles. The highest BCUT2D eigenvalue weighted by Crippen LogP contribution is 2.44. The van der Waals surface area contributed by atoms with E-state index < -0.39 is 0 Å². The highest BCUT2D eigenvalue weighted by Gasteiger charge is 2.41. The van der Waals surface area contributed by atoms with Gasteiger partial charge >= 0.3 is 0 Å². The van der Waals surface area contributed by atoms with Crippen LogP contribution < -0.4 is 30.8 Å². The topological polar surface area (TPSA) is 21.7 Å². The largest absolute Gasteiger partial charge is 0.458 e. The molecule has 11 aromatic carbocycles. The molecule has 0 N–H and O–H groups in total. The molecule has 0 aliphatic carbocycles. The fourth-order valence-corrected chi connectivity index (χ4v) is 10.1. The molecule has 2 heterocycles. The molecule has 2 aliphatic rings. The Morgan fingerprint density at radius 3 is 1.18 bits per heavy atom. The van der Waals surface area contributed by atoms with E-state index in [0.717, 1.165) is 67.6 Å². The van der Waals surface area contributed by atoms with Crippen molar-refractivity contribution in [1.29, 1.82) is 0 Å². The van der Waals surface area contributed by atoms with E-state index in [-0.39, 0.29) is 6.71 Å². The summed E-state index contributed by atoms with van der Waals surface area (Å²) in [6, 6.07) is 78.5. The standard InChI is InChI=1S/C58H36BNO2/c1-3-17-41(18-4-1)60(42-19-5-2-6-20-42)43-35-56-58-57(36-43)62-55-30-28-40(51-32-38-16-8-10-22-45(38)47-24-12-14-26-49(47)51)34-53(55)59(58)52-33-39(27-29-54(52)61-56)50-31-37-15-7-9-21-44(37)46-23-11-13-25-48(46)50/h1-36H. The van der Waals surface area contributed by atoms with Crippen molar-refractivity contribution in [2.75, 3.05) is 4.90 Å². The number of rotatable bonds is 5. The van der Waals surface area contributed by atoms with E-state index in [4.69, 9.17) is 9.47 Å². The van der Waals surface area contributed by atoms with E-state index >= 15 is 0 Å². The molecule has 4 heteroatoms. The van der Waals surface area contributed by atoms with Crippen LogP contribution in [-0.2, 0) is 0 Å². The monoisotopic (exact) mass is 789 g/mol.